The summed E-state index contributed by atoms with van der Waals surface area (Å²) in [5.41, 5.74) is 10.5. The first-order valence-corrected chi connectivity index (χ1v) is 20.1. The average Bonchev–Trinajstić information content (AvgIpc) is 4.11. The van der Waals surface area contributed by atoms with Crippen molar-refractivity contribution in [2.75, 3.05) is 0 Å². The minimum atomic E-state index is -0.453. The van der Waals surface area contributed by atoms with Gasteiger partial charge in [-0.15, -0.1) is 22.7 Å². The number of aryl methyl sites for hydroxylation is 2. The van der Waals surface area contributed by atoms with Crippen molar-refractivity contribution in [1.29, 1.82) is 0 Å². The molecule has 4 N–H and O–H groups in total. The Labute approximate surface area is 343 Å². The summed E-state index contributed by atoms with van der Waals surface area (Å²) in [5.74, 6) is 0.0378. The zero-order valence-electron chi connectivity index (χ0n) is 31.6. The Kier molecular flexibility index (Phi) is 10.3. The molecule has 0 radical (unpaired) electrons. The normalized spacial score (nSPS) is 12.4. The Balaban J connectivity index is 0.000000152. The van der Waals surface area contributed by atoms with E-state index in [-0.39, 0.29) is 25.4 Å². The molecule has 0 fully saturated rings. The molecule has 0 bridgehead atoms. The van der Waals surface area contributed by atoms with Crippen LogP contribution in [0.25, 0.3) is 65.4 Å². The molecule has 0 amide bonds. The fourth-order valence-electron chi connectivity index (χ4n) is 7.13. The van der Waals surface area contributed by atoms with Gasteiger partial charge in [-0.2, -0.15) is 25.5 Å². The molecule has 0 spiro atoms. The summed E-state index contributed by atoms with van der Waals surface area (Å²) >= 11 is 2.94. The number of rotatable bonds is 9. The van der Waals surface area contributed by atoms with Crippen molar-refractivity contribution >= 4 is 45.6 Å². The van der Waals surface area contributed by atoms with E-state index in [0.29, 0.717) is 33.4 Å². The van der Waals surface area contributed by atoms with Gasteiger partial charge in [0.15, 0.2) is 5.82 Å². The maximum Gasteiger partial charge on any atom is 0.167 e. The van der Waals surface area contributed by atoms with Gasteiger partial charge in [0, 0.05) is 36.2 Å². The number of aromatic amines is 1. The molecule has 294 valence electrons. The van der Waals surface area contributed by atoms with Crippen molar-refractivity contribution in [3.63, 3.8) is 0 Å². The van der Waals surface area contributed by atoms with E-state index >= 15 is 0 Å². The highest BCUT2D eigenvalue weighted by molar-refractivity contribution is 7.19. The number of H-pyrrole nitrogens is 1. The number of aliphatic hydroxyl groups is 3. The number of nitrogens with zero attached hydrogens (tertiary/aromatic N) is 10. The van der Waals surface area contributed by atoms with Crippen LogP contribution < -0.4 is 0 Å². The number of aromatic nitrogens is 9. The van der Waals surface area contributed by atoms with Gasteiger partial charge in [0.25, 0.3) is 0 Å². The first-order chi connectivity index (χ1) is 28.9. The van der Waals surface area contributed by atoms with Crippen molar-refractivity contribution in [3.8, 4) is 54.4 Å². The topological polar surface area (TPSA) is 187 Å². The van der Waals surface area contributed by atoms with E-state index in [9.17, 15) is 19.7 Å². The van der Waals surface area contributed by atoms with Crippen LogP contribution in [0.4, 0.5) is 4.39 Å². The highest BCUT2D eigenvalue weighted by atomic mass is 32.1. The number of nitrogens with one attached hydrogen (secondary N) is 1. The van der Waals surface area contributed by atoms with Crippen molar-refractivity contribution in [3.05, 3.63) is 130 Å². The average molecular weight is 824 g/mol. The molecule has 59 heavy (non-hydrogen) atoms. The summed E-state index contributed by atoms with van der Waals surface area (Å²) in [6.45, 7) is 3.37. The number of benzene rings is 2. The molecule has 17 heteroatoms. The highest BCUT2D eigenvalue weighted by Gasteiger charge is 2.26. The van der Waals surface area contributed by atoms with Crippen LogP contribution in [0.15, 0.2) is 102 Å². The monoisotopic (exact) mass is 823 g/mol. The quantitative estimate of drug-likeness (QED) is 0.115. The van der Waals surface area contributed by atoms with Gasteiger partial charge >= 0.3 is 0 Å². The second-order valence-corrected chi connectivity index (χ2v) is 15.5. The largest absolute Gasteiger partial charge is 0.392 e. The molecule has 0 atom stereocenters. The van der Waals surface area contributed by atoms with Gasteiger partial charge in [-0.1, -0.05) is 42.5 Å². The zero-order chi connectivity index (χ0) is 40.6. The third-order valence-electron chi connectivity index (χ3n) is 9.83. The standard InChI is InChI=1S/C22H19N5O2S.C20H15FN6OS/c1-13-19(18-4-2-3-9-27(18)26-13)22-24-20(21(30-22)17-7-8-23-25-17)16-6-5-14(11-28)10-15(16)12-29;1-11-15(14-7-2-3-8-27(14)26-11)20-24-17(18(29-20)19-22-10-23-25-19)16-12(9-28)5-4-6-13(16)21/h2-6,8-10,28-29H,7,11-12H2,1H3;2-8,10,28H,9H2,1H3,(H,22,23,25). The van der Waals surface area contributed by atoms with Crippen LogP contribution in [-0.4, -0.2) is 71.6 Å². The highest BCUT2D eigenvalue weighted by Crippen LogP contribution is 2.43. The maximum absolute atomic E-state index is 14.8. The third-order valence-corrected chi connectivity index (χ3v) is 12.0. The summed E-state index contributed by atoms with van der Waals surface area (Å²) in [7, 11) is 0. The molecule has 8 heterocycles. The fraction of sp³-hybridized carbons (Fsp3) is 0.143. The van der Waals surface area contributed by atoms with Gasteiger partial charge in [-0.25, -0.2) is 28.4 Å². The summed E-state index contributed by atoms with van der Waals surface area (Å²) in [6.07, 6.45) is 7.62. The van der Waals surface area contributed by atoms with Crippen molar-refractivity contribution in [2.45, 2.75) is 40.1 Å². The fourth-order valence-corrected chi connectivity index (χ4v) is 9.43. The van der Waals surface area contributed by atoms with E-state index in [1.165, 1.54) is 23.7 Å². The van der Waals surface area contributed by atoms with Gasteiger partial charge < -0.3 is 15.3 Å². The smallest absolute Gasteiger partial charge is 0.167 e. The maximum atomic E-state index is 14.8. The molecule has 9 aromatic rings. The van der Waals surface area contributed by atoms with Crippen LogP contribution >= 0.6 is 22.7 Å². The Bertz CT molecular complexity index is 3050. The number of hydrogen-bond acceptors (Lipinski definition) is 13. The van der Waals surface area contributed by atoms with Gasteiger partial charge in [-0.3, -0.25) is 5.10 Å². The zero-order valence-corrected chi connectivity index (χ0v) is 33.2. The predicted molar refractivity (Wildman–Crippen MR) is 226 cm³/mol. The third kappa shape index (κ3) is 6.93. The second kappa shape index (κ2) is 16.0. The number of thiazole rings is 2. The predicted octanol–water partition coefficient (Wildman–Crippen LogP) is 7.45. The molecule has 0 unspecified atom stereocenters. The Morgan fingerprint density at radius 1 is 0.729 bits per heavy atom. The van der Waals surface area contributed by atoms with Crippen LogP contribution in [0, 0.1) is 19.7 Å². The lowest BCUT2D eigenvalue weighted by Gasteiger charge is -2.09. The first kappa shape index (κ1) is 37.9. The van der Waals surface area contributed by atoms with E-state index in [2.05, 4.69) is 35.6 Å². The molecular weight excluding hydrogens is 790 g/mol. The van der Waals surface area contributed by atoms with Crippen molar-refractivity contribution in [1.82, 2.24) is 44.4 Å². The second-order valence-electron chi connectivity index (χ2n) is 13.5. The lowest BCUT2D eigenvalue weighted by molar-refractivity contribution is 0.275. The first-order valence-electron chi connectivity index (χ1n) is 18.4. The molecule has 10 rings (SSSR count). The van der Waals surface area contributed by atoms with E-state index in [1.54, 1.807) is 34.2 Å². The summed E-state index contributed by atoms with van der Waals surface area (Å²) < 4.78 is 18.5. The molecule has 1 aliphatic rings. The Morgan fingerprint density at radius 2 is 1.41 bits per heavy atom. The molecule has 7 aromatic heterocycles. The number of halogens is 1. The van der Waals surface area contributed by atoms with E-state index < -0.39 is 5.82 Å². The number of hydrogen-bond donors (Lipinski definition) is 4. The van der Waals surface area contributed by atoms with Gasteiger partial charge in [0.1, 0.15) is 22.2 Å². The summed E-state index contributed by atoms with van der Waals surface area (Å²) in [5, 5.41) is 55.0. The van der Waals surface area contributed by atoms with Crippen molar-refractivity contribution in [2.24, 2.45) is 10.2 Å². The van der Waals surface area contributed by atoms with Crippen LogP contribution in [0.3, 0.4) is 0 Å². The van der Waals surface area contributed by atoms with Crippen LogP contribution in [0.1, 0.15) is 39.4 Å². The van der Waals surface area contributed by atoms with E-state index in [4.69, 9.17) is 9.97 Å². The lowest BCUT2D eigenvalue weighted by Crippen LogP contribution is -2.00. The molecule has 0 saturated carbocycles. The van der Waals surface area contributed by atoms with Gasteiger partial charge in [-0.05, 0) is 60.9 Å². The Hall–Kier alpha value is -6.63. The number of aliphatic hydroxyl groups excluding tert-OH is 3. The SMILES string of the molecule is Cc1nn2ccccc2c1-c1nc(-c2c(F)cccc2CO)c(-c2ncn[nH]2)s1.Cc1nn2ccccc2c1-c1nc(-c2ccc(CO)cc2CO)c(C2=NN=CC2)s1. The van der Waals surface area contributed by atoms with Crippen LogP contribution in [-0.2, 0) is 19.8 Å². The van der Waals surface area contributed by atoms with Gasteiger partial charge in [0.05, 0.1) is 80.2 Å². The minimum Gasteiger partial charge on any atom is -0.392 e. The van der Waals surface area contributed by atoms with E-state index in [1.807, 2.05) is 85.4 Å². The molecule has 2 aromatic carbocycles. The minimum absolute atomic E-state index is 0.0788. The van der Waals surface area contributed by atoms with E-state index in [0.717, 1.165) is 71.5 Å². The number of fused-ring (bicyclic) bond motifs is 2. The van der Waals surface area contributed by atoms with Crippen LogP contribution in [0.5, 0.6) is 0 Å². The molecule has 0 saturated heterocycles. The molecular formula is C42H34FN11O3S2. The number of pyridine rings is 2. The summed E-state index contributed by atoms with van der Waals surface area (Å²) in [4.78, 5) is 15.6. The van der Waals surface area contributed by atoms with Crippen LogP contribution in [0.2, 0.25) is 0 Å². The van der Waals surface area contributed by atoms with Gasteiger partial charge in [0.2, 0.25) is 0 Å². The molecule has 1 aliphatic heterocycles. The Morgan fingerprint density at radius 3 is 2.02 bits per heavy atom. The van der Waals surface area contributed by atoms with Crippen molar-refractivity contribution < 1.29 is 19.7 Å². The molecule has 14 nitrogen and oxygen atoms in total. The lowest BCUT2D eigenvalue weighted by atomic mass is 10.00. The summed E-state index contributed by atoms with van der Waals surface area (Å²) in [6, 6.07) is 21.9. The molecule has 0 aliphatic carbocycles.